The van der Waals surface area contributed by atoms with Crippen LogP contribution in [-0.2, 0) is 30.9 Å². The second-order valence-electron chi connectivity index (χ2n) is 8.95. The van der Waals surface area contributed by atoms with Crippen LogP contribution in [0.1, 0.15) is 27.3 Å². The maximum absolute atomic E-state index is 12.8. The van der Waals surface area contributed by atoms with Crippen LogP contribution in [0.15, 0.2) is 90.5 Å². The van der Waals surface area contributed by atoms with E-state index in [1.165, 1.54) is 26.7 Å². The number of ether oxygens (including phenoxy) is 1. The first-order valence-electron chi connectivity index (χ1n) is 12.2. The molecule has 1 atom stereocenters. The largest absolute Gasteiger partial charge is 0.489 e. The molecule has 0 aliphatic carbocycles. The Labute approximate surface area is 220 Å². The Morgan fingerprint density at radius 2 is 1.73 bits per heavy atom. The molecular formula is C30H27N4O2S+. The molecule has 1 unspecified atom stereocenters. The summed E-state index contributed by atoms with van der Waals surface area (Å²) in [7, 11) is 0. The first-order valence-corrected chi connectivity index (χ1v) is 13.0. The van der Waals surface area contributed by atoms with Gasteiger partial charge in [-0.3, -0.25) is 10.1 Å². The van der Waals surface area contributed by atoms with Crippen LogP contribution in [0.3, 0.4) is 0 Å². The van der Waals surface area contributed by atoms with Gasteiger partial charge in [0.05, 0.1) is 17.1 Å². The van der Waals surface area contributed by atoms with E-state index >= 15 is 0 Å². The van der Waals surface area contributed by atoms with E-state index < -0.39 is 5.91 Å². The number of carbonyl (C=O) groups is 1. The van der Waals surface area contributed by atoms with Crippen LogP contribution < -0.4 is 15.0 Å². The molecule has 1 aliphatic rings. The molecule has 1 amide bonds. The van der Waals surface area contributed by atoms with Crippen molar-refractivity contribution in [2.45, 2.75) is 26.1 Å². The average Bonchev–Trinajstić information content (AvgIpc) is 3.33. The Kier molecular flexibility index (Phi) is 7.70. The fourth-order valence-electron chi connectivity index (χ4n) is 4.30. The molecule has 0 saturated heterocycles. The smallest absolute Gasteiger partial charge is 0.268 e. The van der Waals surface area contributed by atoms with Crippen LogP contribution >= 0.6 is 11.3 Å². The normalized spacial score (nSPS) is 14.9. The van der Waals surface area contributed by atoms with Crippen molar-refractivity contribution in [3.8, 4) is 11.8 Å². The lowest BCUT2D eigenvalue weighted by molar-refractivity contribution is -0.929. The maximum Gasteiger partial charge on any atom is 0.268 e. The van der Waals surface area contributed by atoms with E-state index in [0.717, 1.165) is 48.6 Å². The fourth-order valence-corrected chi connectivity index (χ4v) is 5.37. The summed E-state index contributed by atoms with van der Waals surface area (Å²) in [6, 6.07) is 29.8. The second kappa shape index (κ2) is 11.7. The van der Waals surface area contributed by atoms with Gasteiger partial charge < -0.3 is 9.64 Å². The van der Waals surface area contributed by atoms with Crippen molar-refractivity contribution in [3.63, 3.8) is 0 Å². The molecule has 37 heavy (non-hydrogen) atoms. The zero-order valence-corrected chi connectivity index (χ0v) is 21.1. The molecule has 0 radical (unpaired) electrons. The Bertz CT molecular complexity index is 1420. The van der Waals surface area contributed by atoms with Crippen LogP contribution in [0.2, 0.25) is 0 Å². The topological polar surface area (TPSA) is 79.4 Å². The third-order valence-corrected chi connectivity index (χ3v) is 7.24. The standard InChI is InChI=1S/C30H26N4O2S/c31-18-25(17-22-11-13-26(14-12-22)36-21-24-9-5-2-6-10-24)29(35)33-30-32-27-15-16-34(20-28(27)37-30)19-23-7-3-1-4-8-23/h1-14,17H,15-16,19-21H2,(H,32,33,35)/p+1. The molecule has 2 N–H and O–H groups in total. The molecule has 5 rings (SSSR count). The number of thiazole rings is 1. The number of benzene rings is 3. The van der Waals surface area contributed by atoms with Crippen molar-refractivity contribution in [2.75, 3.05) is 11.9 Å². The Morgan fingerprint density at radius 1 is 1.03 bits per heavy atom. The van der Waals surface area contributed by atoms with Crippen LogP contribution in [0, 0.1) is 11.3 Å². The molecule has 0 bridgehead atoms. The summed E-state index contributed by atoms with van der Waals surface area (Å²) in [6.45, 7) is 3.34. The number of aromatic nitrogens is 1. The number of carbonyl (C=O) groups excluding carboxylic acids is 1. The maximum atomic E-state index is 12.8. The Balaban J connectivity index is 1.19. The molecular weight excluding hydrogens is 480 g/mol. The Hall–Kier alpha value is -4.25. The predicted octanol–water partition coefficient (Wildman–Crippen LogP) is 4.41. The quantitative estimate of drug-likeness (QED) is 0.274. The molecule has 0 saturated carbocycles. The van der Waals surface area contributed by atoms with Gasteiger partial charge in [0.1, 0.15) is 37.1 Å². The van der Waals surface area contributed by atoms with E-state index in [-0.39, 0.29) is 5.57 Å². The summed E-state index contributed by atoms with van der Waals surface area (Å²) in [4.78, 5) is 20.1. The molecule has 1 aromatic heterocycles. The molecule has 184 valence electrons. The van der Waals surface area contributed by atoms with Crippen molar-refractivity contribution >= 4 is 28.5 Å². The highest BCUT2D eigenvalue weighted by atomic mass is 32.1. The van der Waals surface area contributed by atoms with Gasteiger partial charge in [-0.1, -0.05) is 84.1 Å². The first kappa shape index (κ1) is 24.4. The molecule has 0 fully saturated rings. The van der Waals surface area contributed by atoms with Crippen molar-refractivity contribution < 1.29 is 14.4 Å². The van der Waals surface area contributed by atoms with Crippen LogP contribution in [0.25, 0.3) is 6.08 Å². The van der Waals surface area contributed by atoms with E-state index in [0.29, 0.717) is 11.7 Å². The van der Waals surface area contributed by atoms with Gasteiger partial charge in [0.2, 0.25) is 0 Å². The number of quaternary nitrogens is 1. The number of amides is 1. The minimum absolute atomic E-state index is 0.0301. The van der Waals surface area contributed by atoms with Crippen molar-refractivity contribution in [3.05, 3.63) is 118 Å². The summed E-state index contributed by atoms with van der Waals surface area (Å²) >= 11 is 1.50. The highest BCUT2D eigenvalue weighted by Gasteiger charge is 2.24. The van der Waals surface area contributed by atoms with Gasteiger partial charge in [-0.05, 0) is 29.3 Å². The molecule has 3 aromatic carbocycles. The van der Waals surface area contributed by atoms with E-state index in [2.05, 4.69) is 34.6 Å². The number of anilines is 1. The highest BCUT2D eigenvalue weighted by molar-refractivity contribution is 7.15. The van der Waals surface area contributed by atoms with Crippen LogP contribution in [0.5, 0.6) is 5.75 Å². The summed E-state index contributed by atoms with van der Waals surface area (Å²) in [5, 5.41) is 13.0. The average molecular weight is 508 g/mol. The van der Waals surface area contributed by atoms with E-state index in [4.69, 9.17) is 4.74 Å². The molecule has 6 nitrogen and oxygen atoms in total. The lowest BCUT2D eigenvalue weighted by Gasteiger charge is -2.22. The fraction of sp³-hybridized carbons (Fsp3) is 0.167. The van der Waals surface area contributed by atoms with Gasteiger partial charge in [-0.25, -0.2) is 4.98 Å². The third-order valence-electron chi connectivity index (χ3n) is 6.23. The molecule has 7 heteroatoms. The van der Waals surface area contributed by atoms with Gasteiger partial charge in [0, 0.05) is 12.0 Å². The van der Waals surface area contributed by atoms with Gasteiger partial charge in [0.25, 0.3) is 5.91 Å². The lowest BCUT2D eigenvalue weighted by Crippen LogP contribution is -3.10. The van der Waals surface area contributed by atoms with E-state index in [9.17, 15) is 10.1 Å². The summed E-state index contributed by atoms with van der Waals surface area (Å²) < 4.78 is 5.81. The minimum atomic E-state index is -0.452. The predicted molar refractivity (Wildman–Crippen MR) is 145 cm³/mol. The van der Waals surface area contributed by atoms with Crippen LogP contribution in [-0.4, -0.2) is 17.4 Å². The number of rotatable bonds is 8. The monoisotopic (exact) mass is 507 g/mol. The van der Waals surface area contributed by atoms with E-state index in [1.54, 1.807) is 6.08 Å². The first-order chi connectivity index (χ1) is 18.2. The molecule has 4 aromatic rings. The minimum Gasteiger partial charge on any atom is -0.489 e. The van der Waals surface area contributed by atoms with E-state index in [1.807, 2.05) is 66.7 Å². The SMILES string of the molecule is N#CC(=Cc1ccc(OCc2ccccc2)cc1)C(=O)Nc1nc2c(s1)C[NH+](Cc1ccccc1)CC2. The number of hydrogen-bond donors (Lipinski definition) is 2. The summed E-state index contributed by atoms with van der Waals surface area (Å²) in [5.74, 6) is 0.271. The second-order valence-corrected chi connectivity index (χ2v) is 10.0. The number of fused-ring (bicyclic) bond motifs is 1. The Morgan fingerprint density at radius 3 is 2.43 bits per heavy atom. The number of hydrogen-bond acceptors (Lipinski definition) is 5. The number of nitrogens with one attached hydrogen (secondary N) is 2. The zero-order valence-electron chi connectivity index (χ0n) is 20.3. The lowest BCUT2D eigenvalue weighted by atomic mass is 10.1. The van der Waals surface area contributed by atoms with Gasteiger partial charge in [-0.15, -0.1) is 0 Å². The molecule has 0 spiro atoms. The summed E-state index contributed by atoms with van der Waals surface area (Å²) in [6.07, 6.45) is 2.46. The molecule has 2 heterocycles. The zero-order chi connectivity index (χ0) is 25.5. The van der Waals surface area contributed by atoms with Crippen molar-refractivity contribution in [1.29, 1.82) is 5.26 Å². The van der Waals surface area contributed by atoms with Gasteiger partial charge in [-0.2, -0.15) is 5.26 Å². The van der Waals surface area contributed by atoms with Gasteiger partial charge >= 0.3 is 0 Å². The third kappa shape index (κ3) is 6.50. The summed E-state index contributed by atoms with van der Waals surface area (Å²) in [5.41, 5.74) is 4.23. The number of nitrogens with zero attached hydrogens (tertiary/aromatic N) is 2. The van der Waals surface area contributed by atoms with Gasteiger partial charge in [0.15, 0.2) is 5.13 Å². The highest BCUT2D eigenvalue weighted by Crippen LogP contribution is 2.25. The van der Waals surface area contributed by atoms with Crippen LogP contribution in [0.4, 0.5) is 5.13 Å². The van der Waals surface area contributed by atoms with Crippen molar-refractivity contribution in [2.24, 2.45) is 0 Å². The molecule has 1 aliphatic heterocycles. The van der Waals surface area contributed by atoms with Crippen molar-refractivity contribution in [1.82, 2.24) is 4.98 Å². The number of nitriles is 1.